The van der Waals surface area contributed by atoms with E-state index in [1.165, 1.54) is 14.2 Å². The average Bonchev–Trinajstić information content (AvgIpc) is 2.27. The Morgan fingerprint density at radius 3 is 2.59 bits per heavy atom. The first kappa shape index (κ1) is 13.4. The highest BCUT2D eigenvalue weighted by Gasteiger charge is 2.19. The van der Waals surface area contributed by atoms with Gasteiger partial charge in [-0.2, -0.15) is 0 Å². The number of methoxy groups -OCH3 is 2. The van der Waals surface area contributed by atoms with Crippen LogP contribution in [0, 0.1) is 11.6 Å². The first-order valence-corrected chi connectivity index (χ1v) is 4.85. The first-order chi connectivity index (χ1) is 7.99. The molecule has 0 saturated carbocycles. The number of hydrogen-bond acceptors (Lipinski definition) is 4. The highest BCUT2D eigenvalue weighted by atomic mass is 19.1. The monoisotopic (exact) mass is 245 g/mol. The number of esters is 1. The Morgan fingerprint density at radius 2 is 2.06 bits per heavy atom. The van der Waals surface area contributed by atoms with Crippen molar-refractivity contribution in [1.29, 1.82) is 0 Å². The standard InChI is InChI=1S/C11H13F2NO3/c1-16-10-6(3-7(12)5-8(10)13)4-9(14)11(15)17-2/h3,5,9H,4,14H2,1-2H3/t9-/m1/s1. The molecule has 0 aliphatic carbocycles. The molecule has 0 amide bonds. The maximum absolute atomic E-state index is 13.3. The highest BCUT2D eigenvalue weighted by Crippen LogP contribution is 2.25. The minimum atomic E-state index is -0.991. The number of rotatable bonds is 4. The van der Waals surface area contributed by atoms with Crippen LogP contribution in [0.5, 0.6) is 5.75 Å². The van der Waals surface area contributed by atoms with Gasteiger partial charge in [0.05, 0.1) is 14.2 Å². The summed E-state index contributed by atoms with van der Waals surface area (Å²) in [5.74, 6) is -2.36. The summed E-state index contributed by atoms with van der Waals surface area (Å²) in [6, 6.07) is 0.784. The molecule has 0 unspecified atom stereocenters. The molecule has 0 aliphatic rings. The van der Waals surface area contributed by atoms with Crippen molar-refractivity contribution in [3.05, 3.63) is 29.3 Å². The number of halogens is 2. The smallest absolute Gasteiger partial charge is 0.322 e. The molecule has 1 aromatic carbocycles. The zero-order chi connectivity index (χ0) is 13.0. The van der Waals surface area contributed by atoms with Gasteiger partial charge < -0.3 is 15.2 Å². The van der Waals surface area contributed by atoms with E-state index in [1.807, 2.05) is 0 Å². The third kappa shape index (κ3) is 3.13. The summed E-state index contributed by atoms with van der Waals surface area (Å²) in [7, 11) is 2.44. The molecule has 4 nitrogen and oxygen atoms in total. The summed E-state index contributed by atoms with van der Waals surface area (Å²) in [6.45, 7) is 0. The second-order valence-electron chi connectivity index (χ2n) is 3.41. The summed E-state index contributed by atoms with van der Waals surface area (Å²) in [5.41, 5.74) is 5.69. The second-order valence-corrected chi connectivity index (χ2v) is 3.41. The largest absolute Gasteiger partial charge is 0.493 e. The van der Waals surface area contributed by atoms with Crippen LogP contribution in [0.1, 0.15) is 5.56 Å². The first-order valence-electron chi connectivity index (χ1n) is 4.85. The van der Waals surface area contributed by atoms with Gasteiger partial charge in [0.25, 0.3) is 0 Å². The van der Waals surface area contributed by atoms with Crippen LogP contribution in [0.3, 0.4) is 0 Å². The fourth-order valence-electron chi connectivity index (χ4n) is 1.47. The highest BCUT2D eigenvalue weighted by molar-refractivity contribution is 5.75. The van der Waals surface area contributed by atoms with Crippen LogP contribution in [-0.2, 0) is 16.0 Å². The van der Waals surface area contributed by atoms with E-state index >= 15 is 0 Å². The summed E-state index contributed by atoms with van der Waals surface area (Å²) >= 11 is 0. The van der Waals surface area contributed by atoms with Crippen molar-refractivity contribution in [2.75, 3.05) is 14.2 Å². The Kier molecular flexibility index (Phi) is 4.39. The number of carbonyl (C=O) groups excluding carboxylic acids is 1. The Morgan fingerprint density at radius 1 is 1.41 bits per heavy atom. The maximum atomic E-state index is 13.3. The quantitative estimate of drug-likeness (QED) is 0.804. The predicted molar refractivity (Wildman–Crippen MR) is 56.6 cm³/mol. The zero-order valence-corrected chi connectivity index (χ0v) is 9.50. The van der Waals surface area contributed by atoms with E-state index in [-0.39, 0.29) is 17.7 Å². The van der Waals surface area contributed by atoms with Crippen molar-refractivity contribution >= 4 is 5.97 Å². The van der Waals surface area contributed by atoms with Gasteiger partial charge in [0.15, 0.2) is 11.6 Å². The van der Waals surface area contributed by atoms with Gasteiger partial charge in [-0.15, -0.1) is 0 Å². The van der Waals surface area contributed by atoms with Crippen LogP contribution in [0.15, 0.2) is 12.1 Å². The average molecular weight is 245 g/mol. The van der Waals surface area contributed by atoms with E-state index in [1.54, 1.807) is 0 Å². The van der Waals surface area contributed by atoms with Crippen LogP contribution >= 0.6 is 0 Å². The van der Waals surface area contributed by atoms with Crippen LogP contribution < -0.4 is 10.5 Å². The number of carbonyl (C=O) groups is 1. The molecular weight excluding hydrogens is 232 g/mol. The van der Waals surface area contributed by atoms with Gasteiger partial charge >= 0.3 is 5.97 Å². The number of benzene rings is 1. The lowest BCUT2D eigenvalue weighted by Crippen LogP contribution is -2.33. The van der Waals surface area contributed by atoms with E-state index in [2.05, 4.69) is 4.74 Å². The molecule has 0 spiro atoms. The van der Waals surface area contributed by atoms with Crippen LogP contribution in [-0.4, -0.2) is 26.2 Å². The van der Waals surface area contributed by atoms with Crippen molar-refractivity contribution in [2.45, 2.75) is 12.5 Å². The van der Waals surface area contributed by atoms with Gasteiger partial charge in [-0.1, -0.05) is 0 Å². The predicted octanol–water partition coefficient (Wildman–Crippen LogP) is 1.02. The molecule has 0 aromatic heterocycles. The molecule has 0 saturated heterocycles. The van der Waals surface area contributed by atoms with Crippen molar-refractivity contribution < 1.29 is 23.0 Å². The van der Waals surface area contributed by atoms with Gasteiger partial charge in [0.1, 0.15) is 11.9 Å². The van der Waals surface area contributed by atoms with Gasteiger partial charge in [0, 0.05) is 18.1 Å². The van der Waals surface area contributed by atoms with Crippen molar-refractivity contribution in [1.82, 2.24) is 0 Å². The summed E-state index contributed by atoms with van der Waals surface area (Å²) < 4.78 is 35.6. The molecule has 0 aliphatic heterocycles. The molecule has 1 aromatic rings. The van der Waals surface area contributed by atoms with E-state index < -0.39 is 23.6 Å². The molecule has 0 fully saturated rings. The van der Waals surface area contributed by atoms with E-state index in [9.17, 15) is 13.6 Å². The van der Waals surface area contributed by atoms with E-state index in [0.717, 1.165) is 6.07 Å². The molecule has 94 valence electrons. The molecule has 0 radical (unpaired) electrons. The summed E-state index contributed by atoms with van der Waals surface area (Å²) in [4.78, 5) is 11.1. The Labute approximate surface area is 97.3 Å². The molecule has 0 bridgehead atoms. The molecule has 6 heteroatoms. The number of hydrogen-bond donors (Lipinski definition) is 1. The molecule has 2 N–H and O–H groups in total. The summed E-state index contributed by atoms with van der Waals surface area (Å²) in [5, 5.41) is 0. The normalized spacial score (nSPS) is 12.1. The Hall–Kier alpha value is -1.69. The van der Waals surface area contributed by atoms with E-state index in [0.29, 0.717) is 6.07 Å². The summed E-state index contributed by atoms with van der Waals surface area (Å²) in [6.07, 6.45) is -0.0650. The van der Waals surface area contributed by atoms with Crippen LogP contribution in [0.4, 0.5) is 8.78 Å². The molecule has 0 heterocycles. The zero-order valence-electron chi connectivity index (χ0n) is 9.50. The topological polar surface area (TPSA) is 61.5 Å². The van der Waals surface area contributed by atoms with Crippen molar-refractivity contribution in [3.63, 3.8) is 0 Å². The van der Waals surface area contributed by atoms with E-state index in [4.69, 9.17) is 10.5 Å². The van der Waals surface area contributed by atoms with Crippen LogP contribution in [0.2, 0.25) is 0 Å². The lowest BCUT2D eigenvalue weighted by atomic mass is 10.0. The van der Waals surface area contributed by atoms with Gasteiger partial charge in [0.2, 0.25) is 0 Å². The Balaban J connectivity index is 3.01. The van der Waals surface area contributed by atoms with Gasteiger partial charge in [-0.25, -0.2) is 8.78 Å². The second kappa shape index (κ2) is 5.58. The molecule has 17 heavy (non-hydrogen) atoms. The van der Waals surface area contributed by atoms with Crippen molar-refractivity contribution in [3.8, 4) is 5.75 Å². The molecular formula is C11H13F2NO3. The van der Waals surface area contributed by atoms with Crippen molar-refractivity contribution in [2.24, 2.45) is 5.73 Å². The molecule has 1 rings (SSSR count). The number of ether oxygens (including phenoxy) is 2. The fraction of sp³-hybridized carbons (Fsp3) is 0.364. The number of nitrogens with two attached hydrogens (primary N) is 1. The minimum absolute atomic E-state index is 0.0650. The maximum Gasteiger partial charge on any atom is 0.322 e. The SMILES string of the molecule is COC(=O)[C@H](N)Cc1cc(F)cc(F)c1OC. The van der Waals surface area contributed by atoms with Crippen LogP contribution in [0.25, 0.3) is 0 Å². The van der Waals surface area contributed by atoms with Gasteiger partial charge in [-0.05, 0) is 6.07 Å². The Bertz CT molecular complexity index is 423. The lowest BCUT2D eigenvalue weighted by molar-refractivity contribution is -0.142. The van der Waals surface area contributed by atoms with Gasteiger partial charge in [-0.3, -0.25) is 4.79 Å². The third-order valence-electron chi connectivity index (χ3n) is 2.23. The fourth-order valence-corrected chi connectivity index (χ4v) is 1.47. The third-order valence-corrected chi connectivity index (χ3v) is 2.23. The minimum Gasteiger partial charge on any atom is -0.493 e. The molecule has 1 atom stereocenters. The lowest BCUT2D eigenvalue weighted by Gasteiger charge is -2.13.